The van der Waals surface area contributed by atoms with E-state index in [4.69, 9.17) is 16.3 Å². The highest BCUT2D eigenvalue weighted by Crippen LogP contribution is 2.38. The molecular formula is C20H21ClN2O5. The third kappa shape index (κ3) is 3.95. The van der Waals surface area contributed by atoms with Crippen molar-refractivity contribution in [2.45, 2.75) is 25.4 Å². The quantitative estimate of drug-likeness (QED) is 0.461. The number of nitro groups is 1. The van der Waals surface area contributed by atoms with Crippen LogP contribution in [0.4, 0.5) is 11.4 Å². The highest BCUT2D eigenvalue weighted by molar-refractivity contribution is 6.31. The van der Waals surface area contributed by atoms with Crippen LogP contribution in [0.5, 0.6) is 0 Å². The largest absolute Gasteiger partial charge is 0.462 e. The third-order valence-electron chi connectivity index (χ3n) is 5.00. The summed E-state index contributed by atoms with van der Waals surface area (Å²) in [5.41, 5.74) is -0.00952. The molecule has 0 atom stereocenters. The number of hydrogen-bond acceptors (Lipinski definition) is 6. The maximum Gasteiger partial charge on any atom is 0.345 e. The second kappa shape index (κ2) is 8.16. The molecule has 2 aromatic rings. The Hall–Kier alpha value is -2.64. The Bertz CT molecular complexity index is 894. The molecule has 0 saturated carbocycles. The number of nitrogens with zero attached hydrogens (tertiary/aromatic N) is 2. The zero-order valence-corrected chi connectivity index (χ0v) is 16.2. The molecule has 148 valence electrons. The standard InChI is InChI=1S/C20H21ClN2O5/c1-2-28-19(24)15-13-14(7-8-18(15)23(26)27)22-11-9-20(25,10-12-22)16-5-3-4-6-17(16)21/h3-8,13,25H,2,9-12H2,1H3. The van der Waals surface area contributed by atoms with Crippen LogP contribution >= 0.6 is 11.6 Å². The van der Waals surface area contributed by atoms with Crippen LogP contribution in [0.15, 0.2) is 42.5 Å². The lowest BCUT2D eigenvalue weighted by molar-refractivity contribution is -0.385. The van der Waals surface area contributed by atoms with E-state index in [1.807, 2.05) is 23.1 Å². The minimum atomic E-state index is -1.03. The Morgan fingerprint density at radius 3 is 2.57 bits per heavy atom. The molecule has 1 aliphatic rings. The number of aliphatic hydroxyl groups is 1. The summed E-state index contributed by atoms with van der Waals surface area (Å²) in [6.07, 6.45) is 0.894. The summed E-state index contributed by atoms with van der Waals surface area (Å²) in [4.78, 5) is 24.8. The van der Waals surface area contributed by atoms with Crippen molar-refractivity contribution in [3.8, 4) is 0 Å². The fourth-order valence-electron chi connectivity index (χ4n) is 3.50. The van der Waals surface area contributed by atoms with Crippen LogP contribution in [0.3, 0.4) is 0 Å². The van der Waals surface area contributed by atoms with E-state index in [2.05, 4.69) is 0 Å². The molecule has 0 aliphatic carbocycles. The van der Waals surface area contributed by atoms with E-state index in [9.17, 15) is 20.0 Å². The molecule has 1 aliphatic heterocycles. The number of rotatable bonds is 5. The first-order valence-corrected chi connectivity index (χ1v) is 9.41. The lowest BCUT2D eigenvalue weighted by Gasteiger charge is -2.40. The molecule has 2 aromatic carbocycles. The minimum absolute atomic E-state index is 0.0729. The number of nitro benzene ring substituents is 1. The average molecular weight is 405 g/mol. The molecule has 0 unspecified atom stereocenters. The molecule has 3 rings (SSSR count). The summed E-state index contributed by atoms with van der Waals surface area (Å²) in [6.45, 7) is 2.81. The van der Waals surface area contributed by atoms with Gasteiger partial charge in [-0.15, -0.1) is 0 Å². The Kier molecular flexibility index (Phi) is 5.86. The summed E-state index contributed by atoms with van der Waals surface area (Å²) in [7, 11) is 0. The number of carbonyl (C=O) groups is 1. The third-order valence-corrected chi connectivity index (χ3v) is 5.33. The van der Waals surface area contributed by atoms with Gasteiger partial charge >= 0.3 is 5.97 Å². The van der Waals surface area contributed by atoms with Crippen molar-refractivity contribution in [3.05, 3.63) is 68.7 Å². The predicted molar refractivity (Wildman–Crippen MR) is 106 cm³/mol. The van der Waals surface area contributed by atoms with Gasteiger partial charge in [-0.3, -0.25) is 10.1 Å². The summed E-state index contributed by atoms with van der Waals surface area (Å²) < 4.78 is 4.95. The van der Waals surface area contributed by atoms with Crippen molar-refractivity contribution >= 4 is 28.9 Å². The Morgan fingerprint density at radius 1 is 1.29 bits per heavy atom. The van der Waals surface area contributed by atoms with Gasteiger partial charge in [-0.05, 0) is 38.0 Å². The lowest BCUT2D eigenvalue weighted by atomic mass is 9.84. The van der Waals surface area contributed by atoms with E-state index in [-0.39, 0.29) is 17.9 Å². The smallest absolute Gasteiger partial charge is 0.345 e. The SMILES string of the molecule is CCOC(=O)c1cc(N2CCC(O)(c3ccccc3Cl)CC2)ccc1[N+](=O)[O-]. The molecule has 1 heterocycles. The molecule has 1 fully saturated rings. The predicted octanol–water partition coefficient (Wildman–Crippen LogP) is 3.91. The van der Waals surface area contributed by atoms with Crippen LogP contribution in [0.25, 0.3) is 0 Å². The van der Waals surface area contributed by atoms with Crippen molar-refractivity contribution in [2.24, 2.45) is 0 Å². The van der Waals surface area contributed by atoms with Crippen LogP contribution in [-0.4, -0.2) is 35.7 Å². The van der Waals surface area contributed by atoms with Crippen molar-refractivity contribution < 1.29 is 19.6 Å². The molecule has 0 amide bonds. The lowest BCUT2D eigenvalue weighted by Crippen LogP contribution is -2.42. The Balaban J connectivity index is 1.82. The van der Waals surface area contributed by atoms with E-state index in [0.29, 0.717) is 42.2 Å². The first-order valence-electron chi connectivity index (χ1n) is 9.03. The van der Waals surface area contributed by atoms with Crippen LogP contribution in [-0.2, 0) is 10.3 Å². The normalized spacial score (nSPS) is 15.9. The number of benzene rings is 2. The fourth-order valence-corrected chi connectivity index (χ4v) is 3.81. The number of ether oxygens (including phenoxy) is 1. The maximum atomic E-state index is 12.1. The minimum Gasteiger partial charge on any atom is -0.462 e. The van der Waals surface area contributed by atoms with Gasteiger partial charge in [0.25, 0.3) is 5.69 Å². The summed E-state index contributed by atoms with van der Waals surface area (Å²) in [5, 5.41) is 22.8. The van der Waals surface area contributed by atoms with Gasteiger partial charge in [0.2, 0.25) is 0 Å². The van der Waals surface area contributed by atoms with Gasteiger partial charge in [0.1, 0.15) is 5.56 Å². The summed E-state index contributed by atoms with van der Waals surface area (Å²) in [5.74, 6) is -0.722. The van der Waals surface area contributed by atoms with Gasteiger partial charge < -0.3 is 14.7 Å². The molecule has 8 heteroatoms. The molecule has 1 saturated heterocycles. The second-order valence-electron chi connectivity index (χ2n) is 6.68. The first-order chi connectivity index (χ1) is 13.4. The van der Waals surface area contributed by atoms with Crippen LogP contribution in [0, 0.1) is 10.1 Å². The molecule has 28 heavy (non-hydrogen) atoms. The molecule has 7 nitrogen and oxygen atoms in total. The number of carbonyl (C=O) groups excluding carboxylic acids is 1. The molecular weight excluding hydrogens is 384 g/mol. The fraction of sp³-hybridized carbons (Fsp3) is 0.350. The number of halogens is 1. The van der Waals surface area contributed by atoms with E-state index in [1.54, 1.807) is 19.1 Å². The topological polar surface area (TPSA) is 92.9 Å². The van der Waals surface area contributed by atoms with E-state index in [0.717, 1.165) is 0 Å². The molecule has 0 aromatic heterocycles. The van der Waals surface area contributed by atoms with Gasteiger partial charge in [0.05, 0.1) is 17.1 Å². The van der Waals surface area contributed by atoms with Crippen molar-refractivity contribution in [1.29, 1.82) is 0 Å². The zero-order valence-electron chi connectivity index (χ0n) is 15.4. The van der Waals surface area contributed by atoms with Crippen LogP contribution in [0.1, 0.15) is 35.7 Å². The number of piperidine rings is 1. The van der Waals surface area contributed by atoms with Crippen molar-refractivity contribution in [1.82, 2.24) is 0 Å². The zero-order chi connectivity index (χ0) is 20.3. The molecule has 0 spiro atoms. The number of hydrogen-bond donors (Lipinski definition) is 1. The van der Waals surface area contributed by atoms with Crippen molar-refractivity contribution in [3.63, 3.8) is 0 Å². The average Bonchev–Trinajstić information content (AvgIpc) is 2.68. The summed E-state index contributed by atoms with van der Waals surface area (Å²) >= 11 is 6.24. The maximum absolute atomic E-state index is 12.1. The Morgan fingerprint density at radius 2 is 1.96 bits per heavy atom. The van der Waals surface area contributed by atoms with Crippen molar-refractivity contribution in [2.75, 3.05) is 24.6 Å². The van der Waals surface area contributed by atoms with E-state index in [1.165, 1.54) is 12.1 Å². The highest BCUT2D eigenvalue weighted by Gasteiger charge is 2.36. The number of esters is 1. The molecule has 0 bridgehead atoms. The number of anilines is 1. The molecule has 0 radical (unpaired) electrons. The summed E-state index contributed by atoms with van der Waals surface area (Å²) in [6, 6.07) is 11.6. The monoisotopic (exact) mass is 404 g/mol. The second-order valence-corrected chi connectivity index (χ2v) is 7.08. The van der Waals surface area contributed by atoms with Gasteiger partial charge in [-0.1, -0.05) is 29.8 Å². The van der Waals surface area contributed by atoms with Gasteiger partial charge in [-0.2, -0.15) is 0 Å². The Labute approximate surface area is 167 Å². The van der Waals surface area contributed by atoms with Gasteiger partial charge in [0.15, 0.2) is 0 Å². The van der Waals surface area contributed by atoms with E-state index >= 15 is 0 Å². The first kappa shape index (κ1) is 20.1. The molecule has 1 N–H and O–H groups in total. The highest BCUT2D eigenvalue weighted by atomic mass is 35.5. The van der Waals surface area contributed by atoms with Crippen LogP contribution < -0.4 is 4.90 Å². The van der Waals surface area contributed by atoms with Crippen LogP contribution in [0.2, 0.25) is 5.02 Å². The van der Waals surface area contributed by atoms with Gasteiger partial charge in [-0.25, -0.2) is 4.79 Å². The van der Waals surface area contributed by atoms with Gasteiger partial charge in [0, 0.05) is 35.4 Å². The van der Waals surface area contributed by atoms with E-state index < -0.39 is 16.5 Å².